The van der Waals surface area contributed by atoms with Gasteiger partial charge >= 0.3 is 6.18 Å². The van der Waals surface area contributed by atoms with Crippen LogP contribution < -0.4 is 0 Å². The molecule has 0 bridgehead atoms. The van der Waals surface area contributed by atoms with E-state index in [-0.39, 0.29) is 12.5 Å². The molecule has 4 nitrogen and oxygen atoms in total. The van der Waals surface area contributed by atoms with E-state index in [9.17, 15) is 13.2 Å². The number of rotatable bonds is 5. The number of thioether (sulfide) groups is 1. The van der Waals surface area contributed by atoms with E-state index in [1.165, 1.54) is 6.20 Å². The number of imidazole rings is 1. The lowest BCUT2D eigenvalue weighted by Crippen LogP contribution is -2.16. The summed E-state index contributed by atoms with van der Waals surface area (Å²) in [6.45, 7) is -1.43. The van der Waals surface area contributed by atoms with Gasteiger partial charge in [-0.3, -0.25) is 0 Å². The van der Waals surface area contributed by atoms with Gasteiger partial charge in [0.1, 0.15) is 12.5 Å². The highest BCUT2D eigenvalue weighted by Crippen LogP contribution is 2.20. The summed E-state index contributed by atoms with van der Waals surface area (Å²) in [5, 5.41) is 9.37. The second-order valence-corrected chi connectivity index (χ2v) is 3.86. The van der Waals surface area contributed by atoms with Crippen LogP contribution in [0, 0.1) is 0 Å². The van der Waals surface area contributed by atoms with Gasteiger partial charge in [0.2, 0.25) is 0 Å². The number of hydrogen-bond acceptors (Lipinski definition) is 4. The Morgan fingerprint density at radius 2 is 2.25 bits per heavy atom. The van der Waals surface area contributed by atoms with Crippen LogP contribution in [-0.2, 0) is 18.4 Å². The zero-order chi connectivity index (χ0) is 12.2. The number of hydrogen-bond donors (Lipinski definition) is 1. The number of aromatic nitrogens is 2. The normalized spacial score (nSPS) is 12.1. The summed E-state index contributed by atoms with van der Waals surface area (Å²) in [6, 6.07) is 0. The molecular weight excluding hydrogens is 245 g/mol. The van der Waals surface area contributed by atoms with E-state index in [4.69, 9.17) is 5.11 Å². The molecular formula is C8H11F3N2O2S. The molecule has 0 aliphatic rings. The first-order valence-corrected chi connectivity index (χ1v) is 5.31. The second-order valence-electron chi connectivity index (χ2n) is 2.98. The van der Waals surface area contributed by atoms with Crippen LogP contribution in [0.4, 0.5) is 13.2 Å². The third kappa shape index (κ3) is 4.03. The molecule has 0 aliphatic carbocycles. The lowest BCUT2D eigenvalue weighted by Gasteiger charge is -2.07. The molecule has 1 rings (SSSR count). The standard InChI is InChI=1S/C8H11F3N2O2S/c1-13-6(3-14)2-12-7(13)16-5-15-4-8(9,10)11/h2,14H,3-5H2,1H3. The highest BCUT2D eigenvalue weighted by Gasteiger charge is 2.27. The molecule has 0 aliphatic heterocycles. The number of aliphatic hydroxyl groups is 1. The van der Waals surface area contributed by atoms with Crippen molar-refractivity contribution in [2.45, 2.75) is 17.9 Å². The molecule has 16 heavy (non-hydrogen) atoms. The Morgan fingerprint density at radius 3 is 2.75 bits per heavy atom. The van der Waals surface area contributed by atoms with Gasteiger partial charge in [0.25, 0.3) is 0 Å². The number of alkyl halides is 3. The van der Waals surface area contributed by atoms with E-state index >= 15 is 0 Å². The Morgan fingerprint density at radius 1 is 1.56 bits per heavy atom. The smallest absolute Gasteiger partial charge is 0.390 e. The first-order valence-electron chi connectivity index (χ1n) is 4.33. The molecule has 1 heterocycles. The summed E-state index contributed by atoms with van der Waals surface area (Å²) < 4.78 is 41.2. The second kappa shape index (κ2) is 5.55. The van der Waals surface area contributed by atoms with Crippen molar-refractivity contribution in [2.24, 2.45) is 7.05 Å². The molecule has 92 valence electrons. The molecule has 0 saturated carbocycles. The molecule has 0 saturated heterocycles. The molecule has 0 aromatic carbocycles. The predicted octanol–water partition coefficient (Wildman–Crippen LogP) is 1.54. The highest BCUT2D eigenvalue weighted by atomic mass is 32.2. The molecule has 0 spiro atoms. The van der Waals surface area contributed by atoms with Crippen molar-refractivity contribution >= 4 is 11.8 Å². The van der Waals surface area contributed by atoms with Gasteiger partial charge in [-0.25, -0.2) is 4.98 Å². The fourth-order valence-corrected chi connectivity index (χ4v) is 1.67. The van der Waals surface area contributed by atoms with Gasteiger partial charge in [-0.15, -0.1) is 0 Å². The van der Waals surface area contributed by atoms with Gasteiger partial charge in [-0.1, -0.05) is 11.8 Å². The van der Waals surface area contributed by atoms with Gasteiger partial charge in [-0.05, 0) is 0 Å². The quantitative estimate of drug-likeness (QED) is 0.493. The largest absolute Gasteiger partial charge is 0.411 e. The molecule has 0 amide bonds. The minimum Gasteiger partial charge on any atom is -0.390 e. The first-order chi connectivity index (χ1) is 7.44. The Kier molecular flexibility index (Phi) is 4.63. The van der Waals surface area contributed by atoms with Gasteiger partial charge in [0.05, 0.1) is 18.5 Å². The fourth-order valence-electron chi connectivity index (χ4n) is 0.959. The molecule has 1 aromatic heterocycles. The number of nitrogens with zero attached hydrogens (tertiary/aromatic N) is 2. The van der Waals surface area contributed by atoms with E-state index < -0.39 is 12.8 Å². The lowest BCUT2D eigenvalue weighted by atomic mass is 10.5. The van der Waals surface area contributed by atoms with Crippen molar-refractivity contribution < 1.29 is 23.0 Å². The maximum atomic E-state index is 11.7. The van der Waals surface area contributed by atoms with Crippen LogP contribution in [0.1, 0.15) is 5.69 Å². The van der Waals surface area contributed by atoms with Gasteiger partial charge in [0.15, 0.2) is 5.16 Å². The average Bonchev–Trinajstić information content (AvgIpc) is 2.53. The lowest BCUT2D eigenvalue weighted by molar-refractivity contribution is -0.168. The maximum Gasteiger partial charge on any atom is 0.411 e. The molecule has 8 heteroatoms. The molecule has 0 radical (unpaired) electrons. The van der Waals surface area contributed by atoms with Crippen LogP contribution in [0.5, 0.6) is 0 Å². The van der Waals surface area contributed by atoms with Gasteiger partial charge in [-0.2, -0.15) is 13.2 Å². The van der Waals surface area contributed by atoms with Crippen molar-refractivity contribution in [3.63, 3.8) is 0 Å². The summed E-state index contributed by atoms with van der Waals surface area (Å²) in [6.07, 6.45) is -2.84. The van der Waals surface area contributed by atoms with Crippen molar-refractivity contribution in [3.8, 4) is 0 Å². The Balaban J connectivity index is 2.35. The van der Waals surface area contributed by atoms with Crippen LogP contribution in [-0.4, -0.2) is 33.4 Å². The minimum atomic E-state index is -4.31. The molecule has 0 atom stereocenters. The highest BCUT2D eigenvalue weighted by molar-refractivity contribution is 7.99. The van der Waals surface area contributed by atoms with Crippen molar-refractivity contribution in [3.05, 3.63) is 11.9 Å². The molecule has 0 unspecified atom stereocenters. The van der Waals surface area contributed by atoms with E-state index in [1.807, 2.05) is 0 Å². The van der Waals surface area contributed by atoms with Crippen LogP contribution in [0.2, 0.25) is 0 Å². The van der Waals surface area contributed by atoms with Crippen LogP contribution in [0.25, 0.3) is 0 Å². The third-order valence-corrected chi connectivity index (χ3v) is 2.66. The SMILES string of the molecule is Cn1c(CO)cnc1SCOCC(F)(F)F. The Hall–Kier alpha value is -0.730. The summed E-state index contributed by atoms with van der Waals surface area (Å²) in [4.78, 5) is 3.93. The van der Waals surface area contributed by atoms with Gasteiger partial charge < -0.3 is 14.4 Å². The summed E-state index contributed by atoms with van der Waals surface area (Å²) in [5.41, 5.74) is 0.596. The molecule has 0 fully saturated rings. The average molecular weight is 256 g/mol. The first kappa shape index (κ1) is 13.3. The topological polar surface area (TPSA) is 47.3 Å². The minimum absolute atomic E-state index is 0.130. The zero-order valence-electron chi connectivity index (χ0n) is 8.49. The summed E-state index contributed by atoms with van der Waals surface area (Å²) in [5.74, 6) is -0.130. The predicted molar refractivity (Wildman–Crippen MR) is 51.9 cm³/mol. The van der Waals surface area contributed by atoms with E-state index in [2.05, 4.69) is 9.72 Å². The van der Waals surface area contributed by atoms with E-state index in [0.29, 0.717) is 10.9 Å². The van der Waals surface area contributed by atoms with Crippen molar-refractivity contribution in [1.29, 1.82) is 0 Å². The third-order valence-electron chi connectivity index (χ3n) is 1.74. The van der Waals surface area contributed by atoms with Gasteiger partial charge in [0, 0.05) is 7.05 Å². The molecule has 1 aromatic rings. The van der Waals surface area contributed by atoms with Crippen molar-refractivity contribution in [1.82, 2.24) is 9.55 Å². The Bertz CT molecular complexity index is 341. The zero-order valence-corrected chi connectivity index (χ0v) is 9.31. The van der Waals surface area contributed by atoms with E-state index in [1.54, 1.807) is 11.6 Å². The van der Waals surface area contributed by atoms with Crippen LogP contribution in [0.15, 0.2) is 11.4 Å². The number of halogens is 3. The fraction of sp³-hybridized carbons (Fsp3) is 0.625. The molecule has 1 N–H and O–H groups in total. The van der Waals surface area contributed by atoms with Crippen LogP contribution in [0.3, 0.4) is 0 Å². The number of aliphatic hydroxyl groups excluding tert-OH is 1. The van der Waals surface area contributed by atoms with Crippen molar-refractivity contribution in [2.75, 3.05) is 12.5 Å². The summed E-state index contributed by atoms with van der Waals surface area (Å²) >= 11 is 1.04. The summed E-state index contributed by atoms with van der Waals surface area (Å²) in [7, 11) is 1.67. The van der Waals surface area contributed by atoms with Crippen LogP contribution >= 0.6 is 11.8 Å². The maximum absolute atomic E-state index is 11.7. The monoisotopic (exact) mass is 256 g/mol. The Labute approximate surface area is 94.4 Å². The van der Waals surface area contributed by atoms with E-state index in [0.717, 1.165) is 11.8 Å². The number of ether oxygens (including phenoxy) is 1.